The first-order valence-corrected chi connectivity index (χ1v) is 8.66. The van der Waals surface area contributed by atoms with E-state index in [-0.39, 0.29) is 23.7 Å². The Morgan fingerprint density at radius 3 is 2.30 bits per heavy atom. The molecule has 0 atom stereocenters. The van der Waals surface area contributed by atoms with Crippen molar-refractivity contribution in [1.82, 2.24) is 4.90 Å². The number of benzene rings is 2. The van der Waals surface area contributed by atoms with Gasteiger partial charge in [-0.25, -0.2) is 0 Å². The molecule has 2 aromatic rings. The Bertz CT molecular complexity index is 874. The Kier molecular flexibility index (Phi) is 5.35. The Hall–Kier alpha value is -3.42. The summed E-state index contributed by atoms with van der Waals surface area (Å²) in [6.45, 7) is 1.79. The number of amides is 2. The van der Waals surface area contributed by atoms with Gasteiger partial charge in [-0.05, 0) is 49.2 Å². The van der Waals surface area contributed by atoms with E-state index in [0.29, 0.717) is 11.1 Å². The molecule has 1 aliphatic rings. The normalized spacial score (nSPS) is 13.4. The van der Waals surface area contributed by atoms with Crippen LogP contribution in [0.15, 0.2) is 42.5 Å². The van der Waals surface area contributed by atoms with Crippen molar-refractivity contribution in [3.8, 4) is 0 Å². The van der Waals surface area contributed by atoms with Gasteiger partial charge in [0.05, 0.1) is 4.92 Å². The molecule has 3 N–H and O–H groups in total. The van der Waals surface area contributed by atoms with Gasteiger partial charge in [-0.15, -0.1) is 0 Å². The van der Waals surface area contributed by atoms with Crippen molar-refractivity contribution >= 4 is 23.2 Å². The van der Waals surface area contributed by atoms with Crippen molar-refractivity contribution in [1.29, 1.82) is 0 Å². The number of carbonyl (C=O) groups is 2. The van der Waals surface area contributed by atoms with Crippen LogP contribution in [0.5, 0.6) is 0 Å². The predicted octanol–water partition coefficient (Wildman–Crippen LogP) is 2.54. The highest BCUT2D eigenvalue weighted by Crippen LogP contribution is 2.22. The molecule has 27 heavy (non-hydrogen) atoms. The van der Waals surface area contributed by atoms with E-state index in [0.717, 1.165) is 31.6 Å². The lowest BCUT2D eigenvalue weighted by atomic mass is 10.1. The standard InChI is InChI=1S/C19H20N4O4/c20-18(24)14-3-4-15(17(11-14)23(26)27)12-21-16-7-5-13(6-8-16)19(25)22-9-1-2-10-22/h3-8,11,21H,1-2,9-10,12H2,(H2,20,24). The van der Waals surface area contributed by atoms with Crippen LogP contribution in [0.25, 0.3) is 0 Å². The van der Waals surface area contributed by atoms with E-state index in [1.807, 2.05) is 4.90 Å². The minimum Gasteiger partial charge on any atom is -0.381 e. The number of carbonyl (C=O) groups excluding carboxylic acids is 2. The average molecular weight is 368 g/mol. The number of nitrogens with one attached hydrogen (secondary N) is 1. The summed E-state index contributed by atoms with van der Waals surface area (Å²) in [6.07, 6.45) is 2.08. The van der Waals surface area contributed by atoms with Crippen molar-refractivity contribution in [2.24, 2.45) is 5.73 Å². The maximum absolute atomic E-state index is 12.3. The molecular weight excluding hydrogens is 348 g/mol. The molecule has 0 aliphatic carbocycles. The lowest BCUT2D eigenvalue weighted by Gasteiger charge is -2.15. The molecule has 140 valence electrons. The summed E-state index contributed by atoms with van der Waals surface area (Å²) < 4.78 is 0. The monoisotopic (exact) mass is 368 g/mol. The van der Waals surface area contributed by atoms with Gasteiger partial charge in [-0.1, -0.05) is 0 Å². The van der Waals surface area contributed by atoms with Gasteiger partial charge in [0.25, 0.3) is 11.6 Å². The summed E-state index contributed by atoms with van der Waals surface area (Å²) in [5.74, 6) is -0.687. The van der Waals surface area contributed by atoms with Gasteiger partial charge in [-0.2, -0.15) is 0 Å². The molecular formula is C19H20N4O4. The molecule has 1 fully saturated rings. The maximum atomic E-state index is 12.3. The highest BCUT2D eigenvalue weighted by Gasteiger charge is 2.19. The molecule has 1 aliphatic heterocycles. The zero-order chi connectivity index (χ0) is 19.4. The summed E-state index contributed by atoms with van der Waals surface area (Å²) in [5, 5.41) is 14.3. The fourth-order valence-electron chi connectivity index (χ4n) is 3.07. The minimum atomic E-state index is -0.712. The van der Waals surface area contributed by atoms with Gasteiger partial charge < -0.3 is 16.0 Å². The SMILES string of the molecule is NC(=O)c1ccc(CNc2ccc(C(=O)N3CCCC3)cc2)c([N+](=O)[O-])c1. The molecule has 1 heterocycles. The van der Waals surface area contributed by atoms with Gasteiger partial charge in [0.2, 0.25) is 5.91 Å². The quantitative estimate of drug-likeness (QED) is 0.600. The maximum Gasteiger partial charge on any atom is 0.275 e. The third-order valence-corrected chi connectivity index (χ3v) is 4.57. The van der Waals surface area contributed by atoms with Gasteiger partial charge in [0.15, 0.2) is 0 Å². The summed E-state index contributed by atoms with van der Waals surface area (Å²) in [4.78, 5) is 36.1. The van der Waals surface area contributed by atoms with Crippen LogP contribution < -0.4 is 11.1 Å². The third-order valence-electron chi connectivity index (χ3n) is 4.57. The van der Waals surface area contributed by atoms with Gasteiger partial charge in [0, 0.05) is 48.1 Å². The van der Waals surface area contributed by atoms with E-state index in [4.69, 9.17) is 5.73 Å². The van der Waals surface area contributed by atoms with Crippen LogP contribution in [-0.2, 0) is 6.54 Å². The van der Waals surface area contributed by atoms with E-state index in [1.165, 1.54) is 18.2 Å². The Balaban J connectivity index is 1.69. The van der Waals surface area contributed by atoms with Crippen molar-refractivity contribution in [3.05, 3.63) is 69.3 Å². The molecule has 0 spiro atoms. The molecule has 0 bridgehead atoms. The fraction of sp³-hybridized carbons (Fsp3) is 0.263. The number of primary amides is 1. The first kappa shape index (κ1) is 18.4. The first-order valence-electron chi connectivity index (χ1n) is 8.66. The Morgan fingerprint density at radius 2 is 1.70 bits per heavy atom. The second-order valence-electron chi connectivity index (χ2n) is 6.40. The summed E-state index contributed by atoms with van der Waals surface area (Å²) in [7, 11) is 0. The highest BCUT2D eigenvalue weighted by atomic mass is 16.6. The van der Waals surface area contributed by atoms with E-state index in [2.05, 4.69) is 5.32 Å². The van der Waals surface area contributed by atoms with Crippen molar-refractivity contribution < 1.29 is 14.5 Å². The lowest BCUT2D eigenvalue weighted by Crippen LogP contribution is -2.27. The second-order valence-corrected chi connectivity index (χ2v) is 6.40. The summed E-state index contributed by atoms with van der Waals surface area (Å²) >= 11 is 0. The lowest BCUT2D eigenvalue weighted by molar-refractivity contribution is -0.385. The molecule has 8 heteroatoms. The van der Waals surface area contributed by atoms with Crippen molar-refractivity contribution in [2.45, 2.75) is 19.4 Å². The minimum absolute atomic E-state index is 0.0247. The van der Waals surface area contributed by atoms with Gasteiger partial charge >= 0.3 is 0 Å². The zero-order valence-corrected chi connectivity index (χ0v) is 14.7. The van der Waals surface area contributed by atoms with E-state index < -0.39 is 10.8 Å². The molecule has 2 aromatic carbocycles. The molecule has 0 aromatic heterocycles. The first-order chi connectivity index (χ1) is 13.0. The highest BCUT2D eigenvalue weighted by molar-refractivity contribution is 5.95. The third kappa shape index (κ3) is 4.22. The number of nitrogens with zero attached hydrogens (tertiary/aromatic N) is 2. The Morgan fingerprint density at radius 1 is 1.07 bits per heavy atom. The van der Waals surface area contributed by atoms with Crippen LogP contribution in [0.1, 0.15) is 39.1 Å². The zero-order valence-electron chi connectivity index (χ0n) is 14.7. The van der Waals surface area contributed by atoms with Crippen LogP contribution in [0.3, 0.4) is 0 Å². The average Bonchev–Trinajstić information content (AvgIpc) is 3.20. The van der Waals surface area contributed by atoms with E-state index in [9.17, 15) is 19.7 Å². The fourth-order valence-corrected chi connectivity index (χ4v) is 3.07. The van der Waals surface area contributed by atoms with Gasteiger partial charge in [-0.3, -0.25) is 19.7 Å². The van der Waals surface area contributed by atoms with Crippen LogP contribution in [0.2, 0.25) is 0 Å². The van der Waals surface area contributed by atoms with E-state index >= 15 is 0 Å². The molecule has 3 rings (SSSR count). The Labute approximate surface area is 156 Å². The predicted molar refractivity (Wildman–Crippen MR) is 101 cm³/mol. The number of hydrogen-bond donors (Lipinski definition) is 2. The molecule has 1 saturated heterocycles. The number of anilines is 1. The number of rotatable bonds is 6. The number of hydrogen-bond acceptors (Lipinski definition) is 5. The van der Waals surface area contributed by atoms with Crippen molar-refractivity contribution in [3.63, 3.8) is 0 Å². The van der Waals surface area contributed by atoms with Crippen LogP contribution in [0.4, 0.5) is 11.4 Å². The number of likely N-dealkylation sites (tertiary alicyclic amines) is 1. The number of nitrogens with two attached hydrogens (primary N) is 1. The number of nitro benzene ring substituents is 1. The second kappa shape index (κ2) is 7.86. The topological polar surface area (TPSA) is 119 Å². The van der Waals surface area contributed by atoms with E-state index in [1.54, 1.807) is 24.3 Å². The molecule has 0 unspecified atom stereocenters. The van der Waals surface area contributed by atoms with Crippen LogP contribution >= 0.6 is 0 Å². The van der Waals surface area contributed by atoms with Crippen molar-refractivity contribution in [2.75, 3.05) is 18.4 Å². The van der Waals surface area contributed by atoms with Gasteiger partial charge in [0.1, 0.15) is 0 Å². The summed E-state index contributed by atoms with van der Waals surface area (Å²) in [5.41, 5.74) is 6.89. The summed E-state index contributed by atoms with van der Waals surface area (Å²) in [6, 6.07) is 11.2. The molecule has 0 radical (unpaired) electrons. The largest absolute Gasteiger partial charge is 0.381 e. The number of nitro groups is 1. The molecule has 0 saturated carbocycles. The van der Waals surface area contributed by atoms with Crippen LogP contribution in [-0.4, -0.2) is 34.7 Å². The smallest absolute Gasteiger partial charge is 0.275 e. The van der Waals surface area contributed by atoms with Crippen LogP contribution in [0, 0.1) is 10.1 Å². The molecule has 2 amide bonds. The molecule has 8 nitrogen and oxygen atoms in total.